The molecule has 1 fully saturated rings. The summed E-state index contributed by atoms with van der Waals surface area (Å²) in [5, 5.41) is 12.6. The average Bonchev–Trinajstić information content (AvgIpc) is 2.88. The number of aromatic hydroxyl groups is 1. The number of amides is 1. The Labute approximate surface area is 218 Å². The van der Waals surface area contributed by atoms with E-state index in [9.17, 15) is 9.90 Å². The van der Waals surface area contributed by atoms with Crippen LogP contribution in [0.15, 0.2) is 36.4 Å². The Balaban J connectivity index is 1.51. The number of aromatic nitrogens is 2. The maximum atomic E-state index is 11.9. The first-order chi connectivity index (χ1) is 17.8. The zero-order valence-electron chi connectivity index (χ0n) is 22.1. The molecule has 3 aromatic rings. The first kappa shape index (κ1) is 25.1. The van der Waals surface area contributed by atoms with Crippen LogP contribution in [0.2, 0.25) is 0 Å². The van der Waals surface area contributed by atoms with Crippen molar-refractivity contribution in [1.29, 1.82) is 0 Å². The molecule has 0 aliphatic carbocycles. The molecule has 9 heteroatoms. The Kier molecular flexibility index (Phi) is 7.06. The monoisotopic (exact) mass is 504 g/mol. The van der Waals surface area contributed by atoms with Gasteiger partial charge in [-0.2, -0.15) is 9.97 Å². The van der Waals surface area contributed by atoms with Gasteiger partial charge < -0.3 is 29.4 Å². The number of phenols is 1. The van der Waals surface area contributed by atoms with E-state index in [0.717, 1.165) is 66.1 Å². The minimum Gasteiger partial charge on any atom is -0.508 e. The number of hydrogen-bond acceptors (Lipinski definition) is 8. The largest absolute Gasteiger partial charge is 0.508 e. The van der Waals surface area contributed by atoms with Crippen molar-refractivity contribution in [3.8, 4) is 11.8 Å². The normalized spacial score (nSPS) is 17.9. The summed E-state index contributed by atoms with van der Waals surface area (Å²) in [5.74, 6) is 1.28. The van der Waals surface area contributed by atoms with Gasteiger partial charge in [0, 0.05) is 68.9 Å². The first-order valence-corrected chi connectivity index (χ1v) is 13.0. The molecule has 37 heavy (non-hydrogen) atoms. The van der Waals surface area contributed by atoms with Gasteiger partial charge in [0.1, 0.15) is 18.2 Å². The van der Waals surface area contributed by atoms with E-state index in [1.165, 1.54) is 0 Å². The topological polar surface area (TPSA) is 85.3 Å². The molecule has 0 spiro atoms. The standard InChI is InChI=1S/C28H36N6O3/c1-19-26-24(9-10-34(19)25-18-22(36)17-21-7-5-6-8-23(21)25)27(30-28(29-26)37-16-15-31(3)4)33-13-11-32(12-14-33)20(2)35/h5-8,17-19,36H,9-16H2,1-4H3. The molecule has 3 heterocycles. The number of likely N-dealkylation sites (N-methyl/N-ethyl adjacent to an activating group) is 1. The van der Waals surface area contributed by atoms with Crippen LogP contribution < -0.4 is 14.5 Å². The minimum atomic E-state index is -0.0367. The molecule has 0 radical (unpaired) electrons. The fourth-order valence-electron chi connectivity index (χ4n) is 5.35. The molecule has 196 valence electrons. The van der Waals surface area contributed by atoms with Crippen LogP contribution in [-0.2, 0) is 11.2 Å². The number of benzene rings is 2. The predicted molar refractivity (Wildman–Crippen MR) is 146 cm³/mol. The Morgan fingerprint density at radius 1 is 1.11 bits per heavy atom. The Morgan fingerprint density at radius 3 is 2.59 bits per heavy atom. The molecule has 5 rings (SSSR count). The lowest BCUT2D eigenvalue weighted by Gasteiger charge is -2.40. The second kappa shape index (κ2) is 10.4. The van der Waals surface area contributed by atoms with Crippen LogP contribution in [0.25, 0.3) is 10.8 Å². The summed E-state index contributed by atoms with van der Waals surface area (Å²) in [4.78, 5) is 30.2. The van der Waals surface area contributed by atoms with Crippen molar-refractivity contribution in [2.75, 3.05) is 69.8 Å². The maximum absolute atomic E-state index is 11.9. The van der Waals surface area contributed by atoms with Gasteiger partial charge in [-0.3, -0.25) is 4.79 Å². The number of anilines is 2. The first-order valence-electron chi connectivity index (χ1n) is 13.0. The van der Waals surface area contributed by atoms with Crippen molar-refractivity contribution < 1.29 is 14.6 Å². The van der Waals surface area contributed by atoms with Crippen LogP contribution in [0.5, 0.6) is 11.8 Å². The molecule has 2 aliphatic rings. The van der Waals surface area contributed by atoms with Crippen molar-refractivity contribution in [2.24, 2.45) is 0 Å². The highest BCUT2D eigenvalue weighted by molar-refractivity contribution is 5.96. The lowest BCUT2D eigenvalue weighted by molar-refractivity contribution is -0.129. The van der Waals surface area contributed by atoms with Crippen LogP contribution in [0.4, 0.5) is 11.5 Å². The summed E-state index contributed by atoms with van der Waals surface area (Å²) in [7, 11) is 4.02. The van der Waals surface area contributed by atoms with Crippen molar-refractivity contribution in [2.45, 2.75) is 26.3 Å². The number of ether oxygens (including phenoxy) is 1. The van der Waals surface area contributed by atoms with Gasteiger partial charge in [-0.1, -0.05) is 24.3 Å². The van der Waals surface area contributed by atoms with E-state index >= 15 is 0 Å². The second-order valence-electron chi connectivity index (χ2n) is 10.1. The highest BCUT2D eigenvalue weighted by Gasteiger charge is 2.33. The van der Waals surface area contributed by atoms with Gasteiger partial charge in [-0.15, -0.1) is 0 Å². The lowest BCUT2D eigenvalue weighted by Crippen LogP contribution is -2.49. The molecule has 0 saturated carbocycles. The van der Waals surface area contributed by atoms with Crippen LogP contribution >= 0.6 is 0 Å². The summed E-state index contributed by atoms with van der Waals surface area (Å²) >= 11 is 0. The third-order valence-corrected chi connectivity index (χ3v) is 7.39. The van der Waals surface area contributed by atoms with Crippen molar-refractivity contribution in [1.82, 2.24) is 19.8 Å². The van der Waals surface area contributed by atoms with E-state index in [2.05, 4.69) is 27.7 Å². The molecule has 1 N–H and O–H groups in total. The number of carbonyl (C=O) groups is 1. The van der Waals surface area contributed by atoms with Crippen LogP contribution in [0.3, 0.4) is 0 Å². The molecular formula is C28H36N6O3. The molecule has 1 amide bonds. The van der Waals surface area contributed by atoms with E-state index in [1.54, 1.807) is 13.0 Å². The molecule has 1 unspecified atom stereocenters. The Morgan fingerprint density at radius 2 is 1.86 bits per heavy atom. The summed E-state index contributed by atoms with van der Waals surface area (Å²) in [6, 6.07) is 12.2. The van der Waals surface area contributed by atoms with E-state index in [1.807, 2.05) is 43.3 Å². The van der Waals surface area contributed by atoms with E-state index in [-0.39, 0.29) is 17.7 Å². The summed E-state index contributed by atoms with van der Waals surface area (Å²) in [6.45, 7) is 8.66. The average molecular weight is 505 g/mol. The Bertz CT molecular complexity index is 1290. The van der Waals surface area contributed by atoms with E-state index in [0.29, 0.717) is 25.7 Å². The predicted octanol–water partition coefficient (Wildman–Crippen LogP) is 3.07. The molecule has 1 saturated heterocycles. The third-order valence-electron chi connectivity index (χ3n) is 7.39. The molecule has 9 nitrogen and oxygen atoms in total. The molecule has 0 bridgehead atoms. The van der Waals surface area contributed by atoms with Gasteiger partial charge in [0.25, 0.3) is 0 Å². The number of rotatable bonds is 6. The number of fused-ring (bicyclic) bond motifs is 2. The SMILES string of the molecule is CC(=O)N1CCN(c2nc(OCCN(C)C)nc3c2CCN(c2cc(O)cc4ccccc24)C3C)CC1. The van der Waals surface area contributed by atoms with Gasteiger partial charge >= 0.3 is 6.01 Å². The Hall–Kier alpha value is -3.59. The van der Waals surface area contributed by atoms with E-state index in [4.69, 9.17) is 14.7 Å². The molecule has 2 aromatic carbocycles. The van der Waals surface area contributed by atoms with Crippen molar-refractivity contribution >= 4 is 28.2 Å². The highest BCUT2D eigenvalue weighted by atomic mass is 16.5. The third kappa shape index (κ3) is 5.13. The molecule has 1 aromatic heterocycles. The van der Waals surface area contributed by atoms with Gasteiger partial charge in [-0.25, -0.2) is 0 Å². The highest BCUT2D eigenvalue weighted by Crippen LogP contribution is 2.41. The molecular weight excluding hydrogens is 468 g/mol. The number of piperazine rings is 1. The van der Waals surface area contributed by atoms with Crippen LogP contribution in [0, 0.1) is 0 Å². The quantitative estimate of drug-likeness (QED) is 0.548. The van der Waals surface area contributed by atoms with Gasteiger partial charge in [0.05, 0.1) is 11.7 Å². The van der Waals surface area contributed by atoms with Crippen LogP contribution in [-0.4, -0.2) is 90.8 Å². The fraction of sp³-hybridized carbons (Fsp3) is 0.464. The number of carbonyl (C=O) groups excluding carboxylic acids is 1. The van der Waals surface area contributed by atoms with Gasteiger partial charge in [-0.05, 0) is 38.9 Å². The van der Waals surface area contributed by atoms with Crippen LogP contribution in [0.1, 0.15) is 31.1 Å². The van der Waals surface area contributed by atoms with Gasteiger partial charge in [0.15, 0.2) is 0 Å². The molecule has 1 atom stereocenters. The van der Waals surface area contributed by atoms with E-state index < -0.39 is 0 Å². The number of phenolic OH excluding ortho intramolecular Hbond substituents is 1. The smallest absolute Gasteiger partial charge is 0.318 e. The minimum absolute atomic E-state index is 0.0367. The summed E-state index contributed by atoms with van der Waals surface area (Å²) < 4.78 is 6.04. The fourth-order valence-corrected chi connectivity index (χ4v) is 5.35. The summed E-state index contributed by atoms with van der Waals surface area (Å²) in [5.41, 5.74) is 3.10. The lowest BCUT2D eigenvalue weighted by atomic mass is 9.96. The van der Waals surface area contributed by atoms with Crippen molar-refractivity contribution in [3.63, 3.8) is 0 Å². The zero-order valence-corrected chi connectivity index (χ0v) is 22.1. The van der Waals surface area contributed by atoms with Gasteiger partial charge in [0.2, 0.25) is 5.91 Å². The van der Waals surface area contributed by atoms with Crippen molar-refractivity contribution in [3.05, 3.63) is 47.7 Å². The number of hydrogen-bond donors (Lipinski definition) is 1. The summed E-state index contributed by atoms with van der Waals surface area (Å²) in [6.07, 6.45) is 0.782. The molecule has 2 aliphatic heterocycles. The number of nitrogens with zero attached hydrogens (tertiary/aromatic N) is 6. The zero-order chi connectivity index (χ0) is 26.1. The second-order valence-corrected chi connectivity index (χ2v) is 10.1. The maximum Gasteiger partial charge on any atom is 0.318 e.